The van der Waals surface area contributed by atoms with Gasteiger partial charge in [-0.2, -0.15) is 0 Å². The Morgan fingerprint density at radius 1 is 1.18 bits per heavy atom. The number of ether oxygens (including phenoxy) is 2. The summed E-state index contributed by atoms with van der Waals surface area (Å²) in [5.74, 6) is -1.74. The molecule has 1 heterocycles. The average Bonchev–Trinajstić information content (AvgIpc) is 2.81. The van der Waals surface area contributed by atoms with Gasteiger partial charge in [0.1, 0.15) is 0 Å². The fourth-order valence-electron chi connectivity index (χ4n) is 2.05. The van der Waals surface area contributed by atoms with Crippen molar-refractivity contribution < 1.29 is 23.9 Å². The summed E-state index contributed by atoms with van der Waals surface area (Å²) in [5, 5.41) is 3.03. The molecule has 0 saturated heterocycles. The molecule has 1 amide bonds. The summed E-state index contributed by atoms with van der Waals surface area (Å²) >= 11 is 0. The number of nitrogens with zero attached hydrogens (tertiary/aromatic N) is 3. The topological polar surface area (TPSA) is 134 Å². The number of hydrogen-bond donors (Lipinski definition) is 1. The molecule has 1 aromatic heterocycles. The van der Waals surface area contributed by atoms with Gasteiger partial charge in [-0.05, 0) is 35.1 Å². The first-order valence-corrected chi connectivity index (χ1v) is 6.37. The first kappa shape index (κ1) is 17.3. The number of hydrogen-bond acceptors (Lipinski definition) is 5. The van der Waals surface area contributed by atoms with Crippen LogP contribution in [-0.2, 0) is 31.9 Å². The molecule has 0 fully saturated rings. The molecular weight excluding hydrogens is 292 g/mol. The molecule has 1 aromatic rings. The number of rotatable bonds is 6. The highest BCUT2D eigenvalue weighted by Crippen LogP contribution is 2.23. The molecule has 0 radical (unpaired) electrons. The van der Waals surface area contributed by atoms with Gasteiger partial charge < -0.3 is 14.5 Å². The number of aromatic nitrogens is 1. The standard InChI is InChI=1S/C13H16N4O5/c1-7-9(6-11(19)22-3)8(4-5-10(18)21-2)12(15-7)13(20)16-17-14/h15H,4-6H2,1-3H3. The predicted octanol–water partition coefficient (Wildman–Crippen LogP) is 1.59. The highest BCUT2D eigenvalue weighted by Gasteiger charge is 2.22. The van der Waals surface area contributed by atoms with Gasteiger partial charge in [0, 0.05) is 17.0 Å². The van der Waals surface area contributed by atoms with Crippen molar-refractivity contribution in [3.05, 3.63) is 33.0 Å². The molecule has 0 atom stereocenters. The van der Waals surface area contributed by atoms with Crippen molar-refractivity contribution in [2.45, 2.75) is 26.2 Å². The van der Waals surface area contributed by atoms with Gasteiger partial charge in [0.05, 0.1) is 26.3 Å². The lowest BCUT2D eigenvalue weighted by atomic mass is 10.0. The van der Waals surface area contributed by atoms with Gasteiger partial charge >= 0.3 is 11.9 Å². The molecule has 118 valence electrons. The lowest BCUT2D eigenvalue weighted by Gasteiger charge is -2.06. The maximum atomic E-state index is 11.8. The van der Waals surface area contributed by atoms with Gasteiger partial charge in [-0.1, -0.05) is 0 Å². The summed E-state index contributed by atoms with van der Waals surface area (Å²) in [5.41, 5.74) is 10.0. The van der Waals surface area contributed by atoms with E-state index in [2.05, 4.69) is 24.5 Å². The van der Waals surface area contributed by atoms with Crippen molar-refractivity contribution in [1.82, 2.24) is 4.98 Å². The van der Waals surface area contributed by atoms with E-state index >= 15 is 0 Å². The van der Waals surface area contributed by atoms with Gasteiger partial charge in [-0.25, -0.2) is 0 Å². The molecule has 0 aliphatic heterocycles. The van der Waals surface area contributed by atoms with Crippen LogP contribution in [0.15, 0.2) is 5.11 Å². The summed E-state index contributed by atoms with van der Waals surface area (Å²) in [4.78, 5) is 39.9. The molecule has 22 heavy (non-hydrogen) atoms. The van der Waals surface area contributed by atoms with Crippen molar-refractivity contribution in [2.24, 2.45) is 5.11 Å². The Morgan fingerprint density at radius 3 is 2.36 bits per heavy atom. The third kappa shape index (κ3) is 4.10. The monoisotopic (exact) mass is 308 g/mol. The SMILES string of the molecule is COC(=O)CCc1c(C(=O)N=[N+]=[N-])[nH]c(C)c1CC(=O)OC. The van der Waals surface area contributed by atoms with E-state index in [1.54, 1.807) is 6.92 Å². The second kappa shape index (κ2) is 7.84. The largest absolute Gasteiger partial charge is 0.469 e. The van der Waals surface area contributed by atoms with Gasteiger partial charge in [0.2, 0.25) is 0 Å². The van der Waals surface area contributed by atoms with Gasteiger partial charge in [0.25, 0.3) is 5.91 Å². The summed E-state index contributed by atoms with van der Waals surface area (Å²) in [6.07, 6.45) is 0.142. The lowest BCUT2D eigenvalue weighted by Crippen LogP contribution is -2.10. The zero-order valence-corrected chi connectivity index (χ0v) is 12.5. The molecule has 1 rings (SSSR count). The Morgan fingerprint density at radius 2 is 1.82 bits per heavy atom. The number of methoxy groups -OCH3 is 2. The molecule has 0 unspecified atom stereocenters. The number of nitrogens with one attached hydrogen (secondary N) is 1. The first-order valence-electron chi connectivity index (χ1n) is 6.37. The van der Waals surface area contributed by atoms with E-state index < -0.39 is 17.8 Å². The molecule has 0 aliphatic carbocycles. The van der Waals surface area contributed by atoms with Crippen LogP contribution in [0.1, 0.15) is 33.7 Å². The van der Waals surface area contributed by atoms with Crippen LogP contribution < -0.4 is 0 Å². The molecular formula is C13H16N4O5. The van der Waals surface area contributed by atoms with Crippen molar-refractivity contribution in [2.75, 3.05) is 14.2 Å². The minimum absolute atomic E-state index is 0.0263. The Balaban J connectivity index is 3.23. The van der Waals surface area contributed by atoms with Gasteiger partial charge in [0.15, 0.2) is 0 Å². The van der Waals surface area contributed by atoms with E-state index in [-0.39, 0.29) is 25.0 Å². The van der Waals surface area contributed by atoms with Crippen molar-refractivity contribution in [3.63, 3.8) is 0 Å². The maximum Gasteiger partial charge on any atom is 0.310 e. The smallest absolute Gasteiger partial charge is 0.310 e. The van der Waals surface area contributed by atoms with E-state index in [4.69, 9.17) is 5.53 Å². The van der Waals surface area contributed by atoms with Crippen LogP contribution in [0, 0.1) is 6.92 Å². The van der Waals surface area contributed by atoms with Crippen LogP contribution in [0.5, 0.6) is 0 Å². The quantitative estimate of drug-likeness (QED) is 0.368. The normalized spacial score (nSPS) is 9.77. The summed E-state index contributed by atoms with van der Waals surface area (Å²) in [6.45, 7) is 1.67. The molecule has 1 N–H and O–H groups in total. The summed E-state index contributed by atoms with van der Waals surface area (Å²) in [7, 11) is 2.51. The summed E-state index contributed by atoms with van der Waals surface area (Å²) in [6, 6.07) is 0. The number of amides is 1. The fraction of sp³-hybridized carbons (Fsp3) is 0.462. The van der Waals surface area contributed by atoms with Crippen molar-refractivity contribution in [1.29, 1.82) is 0 Å². The van der Waals surface area contributed by atoms with Crippen LogP contribution in [0.3, 0.4) is 0 Å². The van der Waals surface area contributed by atoms with Crippen LogP contribution in [-0.4, -0.2) is 37.0 Å². The van der Waals surface area contributed by atoms with E-state index in [0.29, 0.717) is 16.8 Å². The van der Waals surface area contributed by atoms with Crippen molar-refractivity contribution in [3.8, 4) is 0 Å². The van der Waals surface area contributed by atoms with Crippen LogP contribution in [0.25, 0.3) is 10.4 Å². The lowest BCUT2D eigenvalue weighted by molar-refractivity contribution is -0.140. The number of aryl methyl sites for hydroxylation is 1. The first-order chi connectivity index (χ1) is 10.4. The third-order valence-corrected chi connectivity index (χ3v) is 3.14. The second-order valence-electron chi connectivity index (χ2n) is 4.41. The molecule has 0 spiro atoms. The molecule has 0 bridgehead atoms. The summed E-state index contributed by atoms with van der Waals surface area (Å²) < 4.78 is 9.18. The van der Waals surface area contributed by atoms with Gasteiger partial charge in [-0.15, -0.1) is 0 Å². The van der Waals surface area contributed by atoms with E-state index in [9.17, 15) is 14.4 Å². The zero-order chi connectivity index (χ0) is 16.7. The molecule has 9 heteroatoms. The number of carbonyl (C=O) groups excluding carboxylic acids is 3. The Labute approximate surface area is 126 Å². The Hall–Kier alpha value is -2.80. The van der Waals surface area contributed by atoms with Gasteiger partial charge in [-0.3, -0.25) is 14.4 Å². The van der Waals surface area contributed by atoms with Crippen molar-refractivity contribution >= 4 is 17.8 Å². The molecule has 0 aromatic carbocycles. The highest BCUT2D eigenvalue weighted by molar-refractivity contribution is 5.95. The number of esters is 2. The van der Waals surface area contributed by atoms with E-state index in [0.717, 1.165) is 0 Å². The minimum Gasteiger partial charge on any atom is -0.469 e. The maximum absolute atomic E-state index is 11.8. The highest BCUT2D eigenvalue weighted by atomic mass is 16.5. The third-order valence-electron chi connectivity index (χ3n) is 3.14. The number of azide groups is 1. The predicted molar refractivity (Wildman–Crippen MR) is 75.1 cm³/mol. The van der Waals surface area contributed by atoms with Crippen LogP contribution in [0.2, 0.25) is 0 Å². The Kier molecular flexibility index (Phi) is 6.15. The van der Waals surface area contributed by atoms with Crippen LogP contribution in [0.4, 0.5) is 0 Å². The van der Waals surface area contributed by atoms with E-state index in [1.165, 1.54) is 14.2 Å². The molecule has 0 saturated carbocycles. The Bertz CT molecular complexity index is 643. The zero-order valence-electron chi connectivity index (χ0n) is 12.5. The molecule has 9 nitrogen and oxygen atoms in total. The number of H-pyrrole nitrogens is 1. The fourth-order valence-corrected chi connectivity index (χ4v) is 2.05. The number of carbonyl (C=O) groups is 3. The molecule has 0 aliphatic rings. The average molecular weight is 308 g/mol. The minimum atomic E-state index is -0.804. The van der Waals surface area contributed by atoms with Crippen LogP contribution >= 0.6 is 0 Å². The second-order valence-corrected chi connectivity index (χ2v) is 4.41. The number of aromatic amines is 1. The van der Waals surface area contributed by atoms with E-state index in [1.807, 2.05) is 0 Å².